The van der Waals surface area contributed by atoms with Crippen LogP contribution in [-0.4, -0.2) is 19.3 Å². The first-order valence-corrected chi connectivity index (χ1v) is 7.87. The number of fused-ring (bicyclic) bond motifs is 1. The summed E-state index contributed by atoms with van der Waals surface area (Å²) in [7, 11) is 0. The minimum atomic E-state index is -0.302. The van der Waals surface area contributed by atoms with Crippen LogP contribution in [0.4, 0.5) is 4.39 Å². The molecule has 0 aliphatic heterocycles. The molecule has 0 saturated carbocycles. The molecular weight excluding hydrogens is 319 g/mol. The molecule has 25 heavy (non-hydrogen) atoms. The molecule has 2 aromatic heterocycles. The van der Waals surface area contributed by atoms with Gasteiger partial charge in [0.05, 0.1) is 18.4 Å². The summed E-state index contributed by atoms with van der Waals surface area (Å²) in [5, 5.41) is 4.79. The third kappa shape index (κ3) is 2.71. The van der Waals surface area contributed by atoms with Crippen molar-refractivity contribution < 1.29 is 4.39 Å². The number of halogens is 1. The van der Waals surface area contributed by atoms with E-state index in [1.165, 1.54) is 29.2 Å². The molecule has 0 amide bonds. The van der Waals surface area contributed by atoms with Gasteiger partial charge in [-0.05, 0) is 36.2 Å². The average Bonchev–Trinajstić information content (AvgIpc) is 3.04. The van der Waals surface area contributed by atoms with Crippen molar-refractivity contribution in [1.82, 2.24) is 19.3 Å². The van der Waals surface area contributed by atoms with Crippen LogP contribution >= 0.6 is 0 Å². The molecule has 0 saturated heterocycles. The Morgan fingerprint density at radius 2 is 1.84 bits per heavy atom. The van der Waals surface area contributed by atoms with Crippen LogP contribution in [0.25, 0.3) is 16.7 Å². The summed E-state index contributed by atoms with van der Waals surface area (Å²) in [6, 6.07) is 13.9. The summed E-state index contributed by atoms with van der Waals surface area (Å²) in [6.45, 7) is 2.32. The summed E-state index contributed by atoms with van der Waals surface area (Å²) < 4.78 is 16.2. The van der Waals surface area contributed by atoms with Crippen LogP contribution < -0.4 is 5.56 Å². The van der Waals surface area contributed by atoms with Crippen LogP contribution in [0, 0.1) is 12.7 Å². The number of nitrogens with zero attached hydrogens (tertiary/aromatic N) is 4. The summed E-state index contributed by atoms with van der Waals surface area (Å²) in [6.07, 6.45) is 3.04. The number of hydrogen-bond acceptors (Lipinski definition) is 3. The zero-order valence-electron chi connectivity index (χ0n) is 13.6. The molecule has 5 nitrogen and oxygen atoms in total. The summed E-state index contributed by atoms with van der Waals surface area (Å²) in [4.78, 5) is 17.1. The highest BCUT2D eigenvalue weighted by atomic mass is 19.1. The third-order valence-electron chi connectivity index (χ3n) is 4.16. The fraction of sp³-hybridized carbons (Fsp3) is 0.105. The van der Waals surface area contributed by atoms with Crippen molar-refractivity contribution in [3.05, 3.63) is 88.4 Å². The molecule has 2 heterocycles. The van der Waals surface area contributed by atoms with Gasteiger partial charge in [-0.25, -0.2) is 14.1 Å². The minimum Gasteiger partial charge on any atom is -0.294 e. The van der Waals surface area contributed by atoms with Gasteiger partial charge in [-0.1, -0.05) is 30.3 Å². The van der Waals surface area contributed by atoms with Gasteiger partial charge < -0.3 is 0 Å². The summed E-state index contributed by atoms with van der Waals surface area (Å²) >= 11 is 0. The predicted octanol–water partition coefficient (Wildman–Crippen LogP) is 3.08. The molecule has 0 N–H and O–H groups in total. The minimum absolute atomic E-state index is 0.172. The van der Waals surface area contributed by atoms with Gasteiger partial charge in [0.2, 0.25) is 0 Å². The van der Waals surface area contributed by atoms with Crippen LogP contribution in [0.1, 0.15) is 11.1 Å². The zero-order chi connectivity index (χ0) is 17.4. The second-order valence-corrected chi connectivity index (χ2v) is 5.88. The lowest BCUT2D eigenvalue weighted by Gasteiger charge is -2.08. The number of aromatic nitrogens is 4. The largest absolute Gasteiger partial charge is 0.294 e. The standard InChI is InChI=1S/C19H15FN4O/c1-13-4-2-3-5-17(13)24-18-16(10-22-24)19(25)23(12-21-18)11-14-6-8-15(20)9-7-14/h2-10,12H,11H2,1H3. The molecule has 0 atom stereocenters. The molecule has 2 aromatic carbocycles. The molecule has 0 aliphatic carbocycles. The first-order valence-electron chi connectivity index (χ1n) is 7.87. The SMILES string of the molecule is Cc1ccccc1-n1ncc2c(=O)n(Cc3ccc(F)cc3)cnc21. The quantitative estimate of drug-likeness (QED) is 0.578. The van der Waals surface area contributed by atoms with Gasteiger partial charge in [-0.3, -0.25) is 9.36 Å². The second-order valence-electron chi connectivity index (χ2n) is 5.88. The average molecular weight is 334 g/mol. The van der Waals surface area contributed by atoms with Crippen molar-refractivity contribution in [2.75, 3.05) is 0 Å². The molecule has 6 heteroatoms. The Balaban J connectivity index is 1.78. The first kappa shape index (κ1) is 15.3. The fourth-order valence-electron chi connectivity index (χ4n) is 2.83. The fourth-order valence-corrected chi connectivity index (χ4v) is 2.83. The lowest BCUT2D eigenvalue weighted by molar-refractivity contribution is 0.626. The van der Waals surface area contributed by atoms with Crippen LogP contribution in [0.5, 0.6) is 0 Å². The van der Waals surface area contributed by atoms with E-state index in [1.54, 1.807) is 16.8 Å². The van der Waals surface area contributed by atoms with Crippen molar-refractivity contribution >= 4 is 11.0 Å². The molecule has 124 valence electrons. The van der Waals surface area contributed by atoms with E-state index in [0.717, 1.165) is 16.8 Å². The maximum Gasteiger partial charge on any atom is 0.264 e. The van der Waals surface area contributed by atoms with E-state index in [-0.39, 0.29) is 11.4 Å². The number of benzene rings is 2. The molecule has 0 aliphatic rings. The van der Waals surface area contributed by atoms with Crippen molar-refractivity contribution in [1.29, 1.82) is 0 Å². The van der Waals surface area contributed by atoms with Gasteiger partial charge in [-0.2, -0.15) is 5.10 Å². The molecule has 4 rings (SSSR count). The van der Waals surface area contributed by atoms with Gasteiger partial charge in [0.15, 0.2) is 5.65 Å². The topological polar surface area (TPSA) is 52.7 Å². The highest BCUT2D eigenvalue weighted by Gasteiger charge is 2.12. The molecule has 4 aromatic rings. The first-order chi connectivity index (χ1) is 12.1. The predicted molar refractivity (Wildman–Crippen MR) is 93.4 cm³/mol. The Hall–Kier alpha value is -3.28. The number of rotatable bonds is 3. The molecule has 0 unspecified atom stereocenters. The van der Waals surface area contributed by atoms with Gasteiger partial charge in [0.1, 0.15) is 17.5 Å². The van der Waals surface area contributed by atoms with Crippen LogP contribution in [-0.2, 0) is 6.54 Å². The molecule has 0 bridgehead atoms. The van der Waals surface area contributed by atoms with Gasteiger partial charge in [0, 0.05) is 0 Å². The van der Waals surface area contributed by atoms with E-state index in [0.29, 0.717) is 17.6 Å². The Morgan fingerprint density at radius 1 is 1.08 bits per heavy atom. The van der Waals surface area contributed by atoms with Gasteiger partial charge in [-0.15, -0.1) is 0 Å². The van der Waals surface area contributed by atoms with E-state index in [1.807, 2.05) is 31.2 Å². The van der Waals surface area contributed by atoms with Gasteiger partial charge >= 0.3 is 0 Å². The smallest absolute Gasteiger partial charge is 0.264 e. The number of hydrogen-bond donors (Lipinski definition) is 0. The molecular formula is C19H15FN4O. The van der Waals surface area contributed by atoms with E-state index >= 15 is 0 Å². The van der Waals surface area contributed by atoms with Crippen LogP contribution in [0.3, 0.4) is 0 Å². The van der Waals surface area contributed by atoms with Gasteiger partial charge in [0.25, 0.3) is 5.56 Å². The Kier molecular flexibility index (Phi) is 3.65. The van der Waals surface area contributed by atoms with Crippen molar-refractivity contribution in [3.8, 4) is 5.69 Å². The summed E-state index contributed by atoms with van der Waals surface area (Å²) in [5.41, 5.74) is 3.12. The monoisotopic (exact) mass is 334 g/mol. The van der Waals surface area contributed by atoms with E-state index in [9.17, 15) is 9.18 Å². The van der Waals surface area contributed by atoms with Crippen molar-refractivity contribution in [2.24, 2.45) is 0 Å². The van der Waals surface area contributed by atoms with E-state index in [4.69, 9.17) is 0 Å². The van der Waals surface area contributed by atoms with E-state index < -0.39 is 0 Å². The second kappa shape index (κ2) is 5.98. The normalized spacial score (nSPS) is 11.1. The Labute approximate surface area is 143 Å². The highest BCUT2D eigenvalue weighted by Crippen LogP contribution is 2.17. The van der Waals surface area contributed by atoms with Crippen LogP contribution in [0.15, 0.2) is 65.8 Å². The lowest BCUT2D eigenvalue weighted by atomic mass is 10.2. The zero-order valence-corrected chi connectivity index (χ0v) is 13.6. The van der Waals surface area contributed by atoms with Crippen molar-refractivity contribution in [2.45, 2.75) is 13.5 Å². The van der Waals surface area contributed by atoms with Crippen molar-refractivity contribution in [3.63, 3.8) is 0 Å². The number of aryl methyl sites for hydroxylation is 1. The molecule has 0 fully saturated rings. The lowest BCUT2D eigenvalue weighted by Crippen LogP contribution is -2.21. The maximum atomic E-state index is 13.0. The third-order valence-corrected chi connectivity index (χ3v) is 4.16. The van der Waals surface area contributed by atoms with Crippen LogP contribution in [0.2, 0.25) is 0 Å². The molecule has 0 radical (unpaired) electrons. The van der Waals surface area contributed by atoms with E-state index in [2.05, 4.69) is 10.1 Å². The summed E-state index contributed by atoms with van der Waals surface area (Å²) in [5.74, 6) is -0.302. The highest BCUT2D eigenvalue weighted by molar-refractivity contribution is 5.75. The Bertz CT molecular complexity index is 1110. The maximum absolute atomic E-state index is 13.0. The number of para-hydroxylation sites is 1. The Morgan fingerprint density at radius 3 is 2.60 bits per heavy atom. The molecule has 0 spiro atoms.